The molecule has 3 aromatic carbocycles. The third-order valence-electron chi connectivity index (χ3n) is 6.77. The molecule has 3 amide bonds. The highest BCUT2D eigenvalue weighted by Crippen LogP contribution is 2.60. The molecule has 3 aliphatic carbocycles. The van der Waals surface area contributed by atoms with Crippen molar-refractivity contribution in [1.82, 2.24) is 10.4 Å². The molecule has 1 fully saturated rings. The lowest BCUT2D eigenvalue weighted by Crippen LogP contribution is -2.46. The average Bonchev–Trinajstić information content (AvgIpc) is 3.05. The minimum absolute atomic E-state index is 0.187. The number of imide groups is 1. The van der Waals surface area contributed by atoms with E-state index >= 15 is 0 Å². The molecular weight excluding hydrogens is 456 g/mol. The first-order valence-electron chi connectivity index (χ1n) is 10.2. The van der Waals surface area contributed by atoms with Gasteiger partial charge in [0.25, 0.3) is 17.7 Å². The van der Waals surface area contributed by atoms with E-state index in [1.54, 1.807) is 24.3 Å². The van der Waals surface area contributed by atoms with Crippen LogP contribution in [0.25, 0.3) is 0 Å². The van der Waals surface area contributed by atoms with Crippen molar-refractivity contribution in [3.8, 4) is 0 Å². The second kappa shape index (κ2) is 6.62. The Hall–Kier alpha value is -3.25. The van der Waals surface area contributed by atoms with E-state index < -0.39 is 17.7 Å². The Kier molecular flexibility index (Phi) is 3.96. The maximum Gasteiger partial charge on any atom is 0.270 e. The van der Waals surface area contributed by atoms with Gasteiger partial charge in [0, 0.05) is 21.9 Å². The molecule has 1 heterocycles. The summed E-state index contributed by atoms with van der Waals surface area (Å²) >= 11 is 3.34. The van der Waals surface area contributed by atoms with E-state index in [4.69, 9.17) is 0 Å². The van der Waals surface area contributed by atoms with Gasteiger partial charge in [-0.2, -0.15) is 5.01 Å². The molecule has 0 saturated carbocycles. The van der Waals surface area contributed by atoms with Crippen molar-refractivity contribution in [2.45, 2.75) is 11.8 Å². The standard InChI is InChI=1S/C25H17BrN2O3/c26-14-11-9-13(10-12-14)23(29)27-28-24(30)21-19-15-5-1-2-6-16(15)20(22(21)25(28)31)18-8-4-3-7-17(18)19/h1-12,19-22H,(H,27,29)/t19?,20?,21-,22-/m0/s1. The van der Waals surface area contributed by atoms with E-state index in [-0.39, 0.29) is 23.7 Å². The number of hydrazine groups is 1. The molecule has 7 rings (SSSR count). The van der Waals surface area contributed by atoms with Crippen LogP contribution in [0.4, 0.5) is 0 Å². The highest BCUT2D eigenvalue weighted by molar-refractivity contribution is 9.10. The summed E-state index contributed by atoms with van der Waals surface area (Å²) in [7, 11) is 0. The van der Waals surface area contributed by atoms with Crippen LogP contribution in [-0.2, 0) is 9.59 Å². The molecule has 152 valence electrons. The van der Waals surface area contributed by atoms with Gasteiger partial charge in [0.2, 0.25) is 0 Å². The van der Waals surface area contributed by atoms with E-state index in [0.29, 0.717) is 5.56 Å². The minimum Gasteiger partial charge on any atom is -0.272 e. The van der Waals surface area contributed by atoms with Gasteiger partial charge in [-0.1, -0.05) is 64.5 Å². The van der Waals surface area contributed by atoms with Gasteiger partial charge in [-0.05, 0) is 46.5 Å². The lowest BCUT2D eigenvalue weighted by Gasteiger charge is -2.45. The number of carbonyl (C=O) groups excluding carboxylic acids is 3. The van der Waals surface area contributed by atoms with E-state index in [9.17, 15) is 14.4 Å². The zero-order chi connectivity index (χ0) is 21.3. The molecule has 1 aliphatic heterocycles. The molecule has 6 heteroatoms. The summed E-state index contributed by atoms with van der Waals surface area (Å²) in [5, 5.41) is 0.956. The summed E-state index contributed by atoms with van der Waals surface area (Å²) in [6, 6.07) is 22.9. The fraction of sp³-hybridized carbons (Fsp3) is 0.160. The highest BCUT2D eigenvalue weighted by Gasteiger charge is 2.62. The topological polar surface area (TPSA) is 66.5 Å². The predicted octanol–water partition coefficient (Wildman–Crippen LogP) is 3.99. The Bertz CT molecular complexity index is 1150. The SMILES string of the molecule is O=C(NN1C(=O)[C@H]2C3c4ccccc4C(c4ccccc43)[C@@H]2C1=O)c1ccc(Br)cc1. The number of hydrogen-bond donors (Lipinski definition) is 1. The van der Waals surface area contributed by atoms with Crippen molar-refractivity contribution < 1.29 is 14.4 Å². The molecule has 1 saturated heterocycles. The van der Waals surface area contributed by atoms with Gasteiger partial charge in [-0.15, -0.1) is 0 Å². The average molecular weight is 473 g/mol. The molecule has 31 heavy (non-hydrogen) atoms. The van der Waals surface area contributed by atoms with Crippen LogP contribution in [0.3, 0.4) is 0 Å². The number of amides is 3. The number of hydrogen-bond acceptors (Lipinski definition) is 3. The third-order valence-corrected chi connectivity index (χ3v) is 7.30. The molecule has 0 spiro atoms. The lowest BCUT2D eigenvalue weighted by molar-refractivity contribution is -0.142. The molecule has 1 N–H and O–H groups in total. The summed E-state index contributed by atoms with van der Waals surface area (Å²) in [4.78, 5) is 39.7. The summed E-state index contributed by atoms with van der Waals surface area (Å²) < 4.78 is 0.843. The van der Waals surface area contributed by atoms with Gasteiger partial charge < -0.3 is 0 Å². The monoisotopic (exact) mass is 472 g/mol. The largest absolute Gasteiger partial charge is 0.272 e. The van der Waals surface area contributed by atoms with Crippen LogP contribution in [0.5, 0.6) is 0 Å². The Morgan fingerprint density at radius 3 is 1.55 bits per heavy atom. The molecule has 0 radical (unpaired) electrons. The Morgan fingerprint density at radius 1 is 0.710 bits per heavy atom. The van der Waals surface area contributed by atoms with Gasteiger partial charge in [0.1, 0.15) is 0 Å². The normalized spacial score (nSPS) is 25.1. The number of nitrogens with zero attached hydrogens (tertiary/aromatic N) is 1. The Balaban J connectivity index is 1.41. The number of benzene rings is 3. The van der Waals surface area contributed by atoms with Gasteiger partial charge in [0.05, 0.1) is 11.8 Å². The number of nitrogens with one attached hydrogen (secondary N) is 1. The minimum atomic E-state index is -0.507. The molecule has 5 nitrogen and oxygen atoms in total. The van der Waals surface area contributed by atoms with Crippen LogP contribution in [0.1, 0.15) is 44.4 Å². The second-order valence-electron chi connectivity index (χ2n) is 8.22. The summed E-state index contributed by atoms with van der Waals surface area (Å²) in [6.07, 6.45) is 0. The van der Waals surface area contributed by atoms with Crippen LogP contribution < -0.4 is 5.43 Å². The summed E-state index contributed by atoms with van der Waals surface area (Å²) in [6.45, 7) is 0. The van der Waals surface area contributed by atoms with Crippen molar-refractivity contribution in [3.05, 3.63) is 105 Å². The van der Waals surface area contributed by atoms with Gasteiger partial charge in [0.15, 0.2) is 0 Å². The molecule has 0 aromatic heterocycles. The smallest absolute Gasteiger partial charge is 0.270 e. The molecule has 4 aliphatic rings. The molecule has 2 bridgehead atoms. The van der Waals surface area contributed by atoms with E-state index in [1.165, 1.54) is 0 Å². The molecule has 2 atom stereocenters. The predicted molar refractivity (Wildman–Crippen MR) is 117 cm³/mol. The Morgan fingerprint density at radius 2 is 1.13 bits per heavy atom. The highest BCUT2D eigenvalue weighted by atomic mass is 79.9. The third kappa shape index (κ3) is 2.51. The van der Waals surface area contributed by atoms with Gasteiger partial charge in [-0.3, -0.25) is 19.8 Å². The molecule has 3 aromatic rings. The maximum atomic E-state index is 13.5. The van der Waals surface area contributed by atoms with Crippen molar-refractivity contribution in [3.63, 3.8) is 0 Å². The van der Waals surface area contributed by atoms with E-state index in [2.05, 4.69) is 45.6 Å². The van der Waals surface area contributed by atoms with Crippen LogP contribution in [-0.4, -0.2) is 22.7 Å². The fourth-order valence-electron chi connectivity index (χ4n) is 5.55. The molecular formula is C25H17BrN2O3. The second-order valence-corrected chi connectivity index (χ2v) is 9.14. The fourth-order valence-corrected chi connectivity index (χ4v) is 5.82. The van der Waals surface area contributed by atoms with Gasteiger partial charge in [-0.25, -0.2) is 0 Å². The van der Waals surface area contributed by atoms with E-state index in [1.807, 2.05) is 24.3 Å². The number of halogens is 1. The number of carbonyl (C=O) groups is 3. The van der Waals surface area contributed by atoms with Crippen molar-refractivity contribution in [2.75, 3.05) is 0 Å². The van der Waals surface area contributed by atoms with Crippen molar-refractivity contribution in [2.24, 2.45) is 11.8 Å². The van der Waals surface area contributed by atoms with Crippen molar-refractivity contribution in [1.29, 1.82) is 0 Å². The maximum absolute atomic E-state index is 13.5. The van der Waals surface area contributed by atoms with Crippen LogP contribution >= 0.6 is 15.9 Å². The lowest BCUT2D eigenvalue weighted by atomic mass is 9.55. The molecule has 0 unspecified atom stereocenters. The Labute approximate surface area is 187 Å². The quantitative estimate of drug-likeness (QED) is 0.573. The summed E-state index contributed by atoms with van der Waals surface area (Å²) in [5.74, 6) is -2.53. The first-order valence-corrected chi connectivity index (χ1v) is 11.0. The van der Waals surface area contributed by atoms with Crippen LogP contribution in [0.2, 0.25) is 0 Å². The zero-order valence-electron chi connectivity index (χ0n) is 16.3. The first-order chi connectivity index (χ1) is 15.1. The van der Waals surface area contributed by atoms with Crippen LogP contribution in [0, 0.1) is 11.8 Å². The van der Waals surface area contributed by atoms with Crippen LogP contribution in [0.15, 0.2) is 77.3 Å². The van der Waals surface area contributed by atoms with E-state index in [0.717, 1.165) is 31.7 Å². The first kappa shape index (κ1) is 18.5. The zero-order valence-corrected chi connectivity index (χ0v) is 17.9. The van der Waals surface area contributed by atoms with Crippen molar-refractivity contribution >= 4 is 33.7 Å². The van der Waals surface area contributed by atoms with Gasteiger partial charge >= 0.3 is 0 Å². The number of rotatable bonds is 2. The summed E-state index contributed by atoms with van der Waals surface area (Å²) in [5.41, 5.74) is 7.38.